The normalized spacial score (nSPS) is 18.4. The van der Waals surface area contributed by atoms with Crippen molar-refractivity contribution in [3.8, 4) is 118 Å². The van der Waals surface area contributed by atoms with Gasteiger partial charge in [0, 0.05) is 45.0 Å². The smallest absolute Gasteiger partial charge is 0.384 e. The first kappa shape index (κ1) is 33.1. The first-order valence-corrected chi connectivity index (χ1v) is 12.7. The molecule has 1 amide bonds. The topological polar surface area (TPSA) is 103 Å². The first-order valence-electron chi connectivity index (χ1n) is 11.2. The van der Waals surface area contributed by atoms with Crippen molar-refractivity contribution < 1.29 is 32.8 Å². The van der Waals surface area contributed by atoms with E-state index in [-0.39, 0.29) is 12.5 Å². The lowest BCUT2D eigenvalue weighted by molar-refractivity contribution is -0.117. The number of rotatable bonds is 7. The fourth-order valence-electron chi connectivity index (χ4n) is 3.11. The van der Waals surface area contributed by atoms with E-state index < -0.39 is 32.0 Å². The van der Waals surface area contributed by atoms with Gasteiger partial charge in [0.15, 0.2) is 0 Å². The molecule has 0 aromatic rings. The van der Waals surface area contributed by atoms with Crippen molar-refractivity contribution in [2.75, 3.05) is 27.9 Å². The van der Waals surface area contributed by atoms with Crippen LogP contribution in [0.2, 0.25) is 0 Å². The highest BCUT2D eigenvalue weighted by atomic mass is 31.2. The number of methoxy groups -OCH3 is 2. The van der Waals surface area contributed by atoms with Gasteiger partial charge in [-0.3, -0.25) is 13.8 Å². The van der Waals surface area contributed by atoms with E-state index in [0.29, 0.717) is 6.42 Å². The molecule has 1 aliphatic carbocycles. The molecule has 1 saturated carbocycles. The molecule has 5 atom stereocenters. The molecule has 1 rings (SSSR count). The largest absolute Gasteiger partial charge is 0.472 e. The van der Waals surface area contributed by atoms with E-state index in [1.807, 2.05) is 0 Å². The predicted octanol–water partition coefficient (Wildman–Crippen LogP) is 0.338. The van der Waals surface area contributed by atoms with E-state index in [4.69, 9.17) is 14.0 Å². The van der Waals surface area contributed by atoms with Crippen LogP contribution in [0.3, 0.4) is 0 Å². The molecule has 0 aromatic carbocycles. The minimum atomic E-state index is -4.29. The second-order valence-electron chi connectivity index (χ2n) is 7.08. The van der Waals surface area contributed by atoms with Crippen molar-refractivity contribution in [3.63, 3.8) is 0 Å². The van der Waals surface area contributed by atoms with Crippen molar-refractivity contribution in [1.29, 1.82) is 0 Å². The maximum absolute atomic E-state index is 12.2. The predicted molar refractivity (Wildman–Crippen MR) is 148 cm³/mol. The van der Waals surface area contributed by atoms with Gasteiger partial charge in [0.05, 0.1) is 12.6 Å². The van der Waals surface area contributed by atoms with E-state index in [0.717, 1.165) is 7.11 Å². The van der Waals surface area contributed by atoms with Crippen LogP contribution in [0.5, 0.6) is 0 Å². The highest BCUT2D eigenvalue weighted by Gasteiger charge is 2.48. The quantitative estimate of drug-likeness (QED) is 0.348. The van der Waals surface area contributed by atoms with Crippen LogP contribution in [-0.4, -0.2) is 57.0 Å². The number of amides is 1. The van der Waals surface area contributed by atoms with Gasteiger partial charge >= 0.3 is 7.82 Å². The van der Waals surface area contributed by atoms with Crippen LogP contribution < -0.4 is 5.32 Å². The standard InChI is InChI=1S/C31H22NO7P/c1-5-6-7-8-9-10-11-12-13-14-15-16-17-18-19-20-21-22-23-24-29(33)32-28-25-27(26-36-2)30(31(28)37-3)39-40(34,35)38-4/h27-28,30-31H,25-26H2,1-4H3,(H,32,33)(H,34,35)/t27-,28+,30?,31-/m1/s1. The van der Waals surface area contributed by atoms with Crippen LogP contribution in [0.4, 0.5) is 0 Å². The fourth-order valence-corrected chi connectivity index (χ4v) is 3.79. The number of ether oxygens (including phenoxy) is 2. The first-order chi connectivity index (χ1) is 19.4. The Labute approximate surface area is 235 Å². The van der Waals surface area contributed by atoms with E-state index in [2.05, 4.69) is 128 Å². The maximum atomic E-state index is 12.2. The van der Waals surface area contributed by atoms with E-state index in [9.17, 15) is 14.3 Å². The highest BCUT2D eigenvalue weighted by molar-refractivity contribution is 7.47. The number of phosphoric ester groups is 1. The zero-order valence-electron chi connectivity index (χ0n) is 22.1. The van der Waals surface area contributed by atoms with E-state index in [1.165, 1.54) is 14.2 Å². The van der Waals surface area contributed by atoms with Crippen molar-refractivity contribution in [3.05, 3.63) is 0 Å². The Morgan fingerprint density at radius 3 is 1.62 bits per heavy atom. The summed E-state index contributed by atoms with van der Waals surface area (Å²) in [6.07, 6.45) is -1.21. The van der Waals surface area contributed by atoms with Crippen molar-refractivity contribution in [1.82, 2.24) is 5.32 Å². The van der Waals surface area contributed by atoms with E-state index >= 15 is 0 Å². The highest BCUT2D eigenvalue weighted by Crippen LogP contribution is 2.48. The molecule has 8 nitrogen and oxygen atoms in total. The lowest BCUT2D eigenvalue weighted by atomic mass is 10.1. The Morgan fingerprint density at radius 2 is 1.23 bits per heavy atom. The Kier molecular flexibility index (Phi) is 16.7. The molecule has 0 saturated heterocycles. The van der Waals surface area contributed by atoms with Gasteiger partial charge in [-0.15, -0.1) is 0 Å². The van der Waals surface area contributed by atoms with Gasteiger partial charge in [0.2, 0.25) is 0 Å². The lowest BCUT2D eigenvalue weighted by Gasteiger charge is -2.26. The van der Waals surface area contributed by atoms with Gasteiger partial charge in [-0.1, -0.05) is 5.92 Å². The Balaban J connectivity index is 2.64. The van der Waals surface area contributed by atoms with Crippen LogP contribution in [-0.2, 0) is 27.9 Å². The molecule has 1 fully saturated rings. The second kappa shape index (κ2) is 20.1. The molecular formula is C31H22NO7P. The number of nitrogens with one attached hydrogen (secondary N) is 1. The summed E-state index contributed by atoms with van der Waals surface area (Å²) in [5.74, 6) is 48.6. The molecule has 0 aromatic heterocycles. The van der Waals surface area contributed by atoms with Gasteiger partial charge in [-0.2, -0.15) is 0 Å². The molecule has 2 N–H and O–H groups in total. The third kappa shape index (κ3) is 14.1. The summed E-state index contributed by atoms with van der Waals surface area (Å²) < 4.78 is 32.3. The third-order valence-corrected chi connectivity index (χ3v) is 5.53. The van der Waals surface area contributed by atoms with E-state index in [1.54, 1.807) is 6.92 Å². The molecule has 9 heteroatoms. The Hall–Kier alpha value is -4.90. The second-order valence-corrected chi connectivity index (χ2v) is 8.59. The third-order valence-electron chi connectivity index (χ3n) is 4.56. The van der Waals surface area contributed by atoms with Gasteiger partial charge in [0.25, 0.3) is 5.91 Å². The summed E-state index contributed by atoms with van der Waals surface area (Å²) >= 11 is 0. The number of carbonyl (C=O) groups is 1. The molecular weight excluding hydrogens is 529 g/mol. The minimum absolute atomic E-state index is 0.217. The monoisotopic (exact) mass is 551 g/mol. The summed E-state index contributed by atoms with van der Waals surface area (Å²) in [7, 11) is -0.348. The van der Waals surface area contributed by atoms with Crippen LogP contribution in [0.25, 0.3) is 0 Å². The van der Waals surface area contributed by atoms with Crippen molar-refractivity contribution in [2.24, 2.45) is 5.92 Å². The fraction of sp³-hybridized carbons (Fsp3) is 0.323. The number of hydrogen-bond acceptors (Lipinski definition) is 6. The number of carbonyl (C=O) groups excluding carboxylic acids is 1. The van der Waals surface area contributed by atoms with Gasteiger partial charge < -0.3 is 19.7 Å². The zero-order valence-corrected chi connectivity index (χ0v) is 23.0. The summed E-state index contributed by atoms with van der Waals surface area (Å²) in [5.41, 5.74) is 0. The maximum Gasteiger partial charge on any atom is 0.472 e. The van der Waals surface area contributed by atoms with Crippen molar-refractivity contribution >= 4 is 13.7 Å². The number of phosphoric acid groups is 1. The lowest BCUT2D eigenvalue weighted by Crippen LogP contribution is -2.44. The molecule has 0 radical (unpaired) electrons. The SMILES string of the molecule is CC#CC#CC#CC#CC#CC#CC#CC#CC#CC#CC(=O)N[C@H]1C[C@H](COC)C(OP(=O)(O)OC)[C@@H]1OC. The van der Waals surface area contributed by atoms with Crippen LogP contribution in [0, 0.1) is 124 Å². The minimum Gasteiger partial charge on any atom is -0.384 e. The van der Waals surface area contributed by atoms with Gasteiger partial charge in [0.1, 0.15) is 12.2 Å². The molecule has 1 aliphatic rings. The van der Waals surface area contributed by atoms with Gasteiger partial charge in [-0.05, 0) is 108 Å². The molecule has 198 valence electrons. The van der Waals surface area contributed by atoms with Crippen LogP contribution >= 0.6 is 7.82 Å². The molecule has 0 heterocycles. The molecule has 0 spiro atoms. The molecule has 2 unspecified atom stereocenters. The summed E-state index contributed by atoms with van der Waals surface area (Å²) in [6.45, 7) is 1.90. The van der Waals surface area contributed by atoms with Crippen LogP contribution in [0.15, 0.2) is 0 Å². The zero-order chi connectivity index (χ0) is 29.5. The molecule has 40 heavy (non-hydrogen) atoms. The molecule has 0 bridgehead atoms. The summed E-state index contributed by atoms with van der Waals surface area (Å²) in [5, 5.41) is 2.70. The Morgan fingerprint density at radius 1 is 0.775 bits per heavy atom. The summed E-state index contributed by atoms with van der Waals surface area (Å²) in [4.78, 5) is 22.0. The van der Waals surface area contributed by atoms with Crippen LogP contribution in [0.1, 0.15) is 13.3 Å². The number of hydrogen-bond donors (Lipinski definition) is 2. The average Bonchev–Trinajstić information content (AvgIpc) is 3.24. The summed E-state index contributed by atoms with van der Waals surface area (Å²) in [6, 6.07) is -0.547. The van der Waals surface area contributed by atoms with Crippen molar-refractivity contribution in [2.45, 2.75) is 31.6 Å². The Bertz CT molecular complexity index is 1630. The van der Waals surface area contributed by atoms with Gasteiger partial charge in [-0.25, -0.2) is 4.57 Å². The average molecular weight is 551 g/mol. The molecule has 0 aliphatic heterocycles.